The van der Waals surface area contributed by atoms with Gasteiger partial charge in [-0.05, 0) is 18.8 Å². The monoisotopic (exact) mass is 237 g/mol. The molecule has 0 amide bonds. The first-order chi connectivity index (χ1) is 7.05. The summed E-state index contributed by atoms with van der Waals surface area (Å²) in [7, 11) is 0. The fourth-order valence-corrected chi connectivity index (χ4v) is 1.93. The van der Waals surface area contributed by atoms with Gasteiger partial charge in [0, 0.05) is 18.1 Å². The number of hydrogen-bond acceptors (Lipinski definition) is 4. The highest BCUT2D eigenvalue weighted by Gasteiger charge is 2.36. The van der Waals surface area contributed by atoms with Crippen molar-refractivity contribution in [1.82, 2.24) is 9.36 Å². The smallest absolute Gasteiger partial charge is 0.360 e. The van der Waals surface area contributed by atoms with Gasteiger partial charge >= 0.3 is 6.18 Å². The van der Waals surface area contributed by atoms with E-state index in [9.17, 15) is 13.2 Å². The standard InChI is InChI=1S/C8H10F3N3S/c9-8(10,11)6-13-7(15-14-6)12-4-5-2-1-3-5/h5H,1-4H2,(H,12,13,14). The molecule has 1 aliphatic carbocycles. The molecule has 0 atom stereocenters. The van der Waals surface area contributed by atoms with Crippen LogP contribution in [0.3, 0.4) is 0 Å². The molecule has 0 radical (unpaired) electrons. The van der Waals surface area contributed by atoms with E-state index in [1.165, 1.54) is 6.42 Å². The Morgan fingerprint density at radius 2 is 2.13 bits per heavy atom. The maximum Gasteiger partial charge on any atom is 0.452 e. The van der Waals surface area contributed by atoms with Crippen molar-refractivity contribution in [3.8, 4) is 0 Å². The topological polar surface area (TPSA) is 37.8 Å². The quantitative estimate of drug-likeness (QED) is 0.878. The Labute approximate surface area is 88.9 Å². The zero-order valence-corrected chi connectivity index (χ0v) is 8.66. The van der Waals surface area contributed by atoms with E-state index in [0.29, 0.717) is 12.5 Å². The minimum atomic E-state index is -4.44. The largest absolute Gasteiger partial charge is 0.452 e. The van der Waals surface area contributed by atoms with E-state index in [-0.39, 0.29) is 5.13 Å². The van der Waals surface area contributed by atoms with Crippen LogP contribution in [-0.2, 0) is 6.18 Å². The maximum atomic E-state index is 12.1. The number of rotatable bonds is 3. The van der Waals surface area contributed by atoms with Gasteiger partial charge in [-0.3, -0.25) is 0 Å². The summed E-state index contributed by atoms with van der Waals surface area (Å²) in [6, 6.07) is 0. The Bertz CT molecular complexity index is 332. The van der Waals surface area contributed by atoms with Crippen molar-refractivity contribution < 1.29 is 13.2 Å². The minimum Gasteiger partial charge on any atom is -0.360 e. The first kappa shape index (κ1) is 10.7. The molecule has 3 nitrogen and oxygen atoms in total. The fraction of sp³-hybridized carbons (Fsp3) is 0.750. The van der Waals surface area contributed by atoms with Crippen molar-refractivity contribution in [2.24, 2.45) is 5.92 Å². The molecule has 0 aliphatic heterocycles. The van der Waals surface area contributed by atoms with Gasteiger partial charge < -0.3 is 5.32 Å². The average molecular weight is 237 g/mol. The summed E-state index contributed by atoms with van der Waals surface area (Å²) in [6.45, 7) is 0.701. The molecule has 1 aliphatic rings. The molecule has 2 rings (SSSR count). The summed E-state index contributed by atoms with van der Waals surface area (Å²) in [5, 5.41) is 3.14. The molecule has 15 heavy (non-hydrogen) atoms. The highest BCUT2D eigenvalue weighted by molar-refractivity contribution is 7.09. The molecular formula is C8H10F3N3S. The van der Waals surface area contributed by atoms with Gasteiger partial charge in [0.25, 0.3) is 0 Å². The van der Waals surface area contributed by atoms with Gasteiger partial charge in [-0.25, -0.2) is 0 Å². The van der Waals surface area contributed by atoms with Crippen LogP contribution in [0.5, 0.6) is 0 Å². The average Bonchev–Trinajstić information content (AvgIpc) is 2.48. The third-order valence-corrected chi connectivity index (χ3v) is 3.12. The van der Waals surface area contributed by atoms with E-state index in [4.69, 9.17) is 0 Å². The molecule has 7 heteroatoms. The lowest BCUT2D eigenvalue weighted by Crippen LogP contribution is -2.20. The van der Waals surface area contributed by atoms with Gasteiger partial charge in [0.2, 0.25) is 11.0 Å². The zero-order chi connectivity index (χ0) is 10.9. The van der Waals surface area contributed by atoms with Crippen molar-refractivity contribution in [3.63, 3.8) is 0 Å². The number of alkyl halides is 3. The first-order valence-electron chi connectivity index (χ1n) is 4.70. The molecule has 0 unspecified atom stereocenters. The van der Waals surface area contributed by atoms with Gasteiger partial charge in [-0.15, -0.1) is 0 Å². The van der Waals surface area contributed by atoms with Crippen LogP contribution in [0.2, 0.25) is 0 Å². The third-order valence-electron chi connectivity index (χ3n) is 2.45. The second kappa shape index (κ2) is 3.96. The minimum absolute atomic E-state index is 0.259. The summed E-state index contributed by atoms with van der Waals surface area (Å²) in [5.74, 6) is -0.466. The second-order valence-corrected chi connectivity index (χ2v) is 4.35. The summed E-state index contributed by atoms with van der Waals surface area (Å²) in [6.07, 6.45) is -0.918. The maximum absolute atomic E-state index is 12.1. The van der Waals surface area contributed by atoms with Crippen LogP contribution >= 0.6 is 11.5 Å². The SMILES string of the molecule is FC(F)(F)c1nsc(NCC2CCC2)n1. The lowest BCUT2D eigenvalue weighted by atomic mass is 9.86. The molecule has 0 aromatic carbocycles. The number of nitrogens with one attached hydrogen (secondary N) is 1. The van der Waals surface area contributed by atoms with Crippen molar-refractivity contribution in [2.75, 3.05) is 11.9 Å². The molecule has 0 saturated heterocycles. The van der Waals surface area contributed by atoms with Gasteiger partial charge in [0.1, 0.15) is 0 Å². The number of halogens is 3. The Morgan fingerprint density at radius 3 is 2.60 bits per heavy atom. The molecule has 0 spiro atoms. The van der Waals surface area contributed by atoms with Crippen LogP contribution in [0.15, 0.2) is 0 Å². The number of nitrogens with zero attached hydrogens (tertiary/aromatic N) is 2. The van der Waals surface area contributed by atoms with E-state index in [0.717, 1.165) is 24.4 Å². The summed E-state index contributed by atoms with van der Waals surface area (Å²) >= 11 is 0.761. The van der Waals surface area contributed by atoms with Crippen LogP contribution in [0.25, 0.3) is 0 Å². The number of anilines is 1. The zero-order valence-electron chi connectivity index (χ0n) is 7.84. The Kier molecular flexibility index (Phi) is 2.81. The number of aromatic nitrogens is 2. The van der Waals surface area contributed by atoms with Gasteiger partial charge in [-0.2, -0.15) is 22.5 Å². The Balaban J connectivity index is 1.89. The fourth-order valence-electron chi connectivity index (χ4n) is 1.34. The predicted molar refractivity (Wildman–Crippen MR) is 50.7 cm³/mol. The molecule has 1 heterocycles. The van der Waals surface area contributed by atoms with Crippen molar-refractivity contribution in [1.29, 1.82) is 0 Å². The second-order valence-electron chi connectivity index (χ2n) is 3.60. The van der Waals surface area contributed by atoms with Crippen LogP contribution in [0.4, 0.5) is 18.3 Å². The van der Waals surface area contributed by atoms with E-state index < -0.39 is 12.0 Å². The summed E-state index contributed by atoms with van der Waals surface area (Å²) in [4.78, 5) is 3.38. The van der Waals surface area contributed by atoms with Crippen LogP contribution in [0, 0.1) is 5.92 Å². The molecule has 1 aromatic rings. The van der Waals surface area contributed by atoms with Crippen molar-refractivity contribution >= 4 is 16.7 Å². The van der Waals surface area contributed by atoms with E-state index >= 15 is 0 Å². The van der Waals surface area contributed by atoms with Gasteiger partial charge in [0.15, 0.2) is 0 Å². The molecule has 1 fully saturated rings. The third kappa shape index (κ3) is 2.58. The van der Waals surface area contributed by atoms with Gasteiger partial charge in [0.05, 0.1) is 0 Å². The Morgan fingerprint density at radius 1 is 1.40 bits per heavy atom. The molecule has 1 N–H and O–H groups in total. The van der Waals surface area contributed by atoms with E-state index in [1.807, 2.05) is 0 Å². The van der Waals surface area contributed by atoms with Crippen molar-refractivity contribution in [2.45, 2.75) is 25.4 Å². The van der Waals surface area contributed by atoms with Crippen molar-refractivity contribution in [3.05, 3.63) is 5.82 Å². The molecule has 84 valence electrons. The lowest BCUT2D eigenvalue weighted by molar-refractivity contribution is -0.144. The lowest BCUT2D eigenvalue weighted by Gasteiger charge is -2.24. The normalized spacial score (nSPS) is 17.5. The van der Waals surface area contributed by atoms with E-state index in [1.54, 1.807) is 0 Å². The van der Waals surface area contributed by atoms with Crippen LogP contribution in [-0.4, -0.2) is 15.9 Å². The summed E-state index contributed by atoms with van der Waals surface area (Å²) in [5.41, 5.74) is 0. The number of hydrogen-bond donors (Lipinski definition) is 1. The highest BCUT2D eigenvalue weighted by atomic mass is 32.1. The molecule has 0 bridgehead atoms. The first-order valence-corrected chi connectivity index (χ1v) is 5.48. The molecule has 1 saturated carbocycles. The van der Waals surface area contributed by atoms with Crippen LogP contribution < -0.4 is 5.32 Å². The van der Waals surface area contributed by atoms with Gasteiger partial charge in [-0.1, -0.05) is 6.42 Å². The molecule has 1 aromatic heterocycles. The van der Waals surface area contributed by atoms with E-state index in [2.05, 4.69) is 14.7 Å². The van der Waals surface area contributed by atoms with Crippen LogP contribution in [0.1, 0.15) is 25.1 Å². The summed E-state index contributed by atoms with van der Waals surface area (Å²) < 4.78 is 39.6. The highest BCUT2D eigenvalue weighted by Crippen LogP contribution is 2.30. The molecular weight excluding hydrogens is 227 g/mol. The predicted octanol–water partition coefficient (Wildman–Crippen LogP) is 2.77. The Hall–Kier alpha value is -0.850.